The molecule has 0 spiro atoms. The maximum absolute atomic E-state index is 11.9. The zero-order chi connectivity index (χ0) is 15.2. The molecule has 2 aromatic heterocycles. The fraction of sp³-hybridized carbons (Fsp3) is 0.467. The summed E-state index contributed by atoms with van der Waals surface area (Å²) in [4.78, 5) is 20.2. The highest BCUT2D eigenvalue weighted by molar-refractivity contribution is 5.76. The van der Waals surface area contributed by atoms with Crippen molar-refractivity contribution in [3.8, 4) is 11.4 Å². The number of amides is 1. The lowest BCUT2D eigenvalue weighted by atomic mass is 10.1. The average molecular weight is 301 g/mol. The summed E-state index contributed by atoms with van der Waals surface area (Å²) in [6.07, 6.45) is 6.29. The van der Waals surface area contributed by atoms with Gasteiger partial charge in [-0.1, -0.05) is 5.16 Å². The van der Waals surface area contributed by atoms with Gasteiger partial charge in [-0.15, -0.1) is 0 Å². The zero-order valence-electron chi connectivity index (χ0n) is 12.3. The maximum atomic E-state index is 11.9. The van der Waals surface area contributed by atoms with Crippen LogP contribution < -0.4 is 10.6 Å². The van der Waals surface area contributed by atoms with E-state index >= 15 is 0 Å². The normalized spacial score (nSPS) is 18.1. The van der Waals surface area contributed by atoms with E-state index in [1.807, 2.05) is 12.1 Å². The molecule has 1 aliphatic rings. The van der Waals surface area contributed by atoms with Crippen LogP contribution in [0.4, 0.5) is 0 Å². The molecule has 0 unspecified atom stereocenters. The van der Waals surface area contributed by atoms with Crippen LogP contribution in [0, 0.1) is 0 Å². The van der Waals surface area contributed by atoms with Gasteiger partial charge in [0.05, 0.1) is 0 Å². The van der Waals surface area contributed by atoms with Crippen molar-refractivity contribution in [1.82, 2.24) is 25.8 Å². The molecule has 1 saturated heterocycles. The minimum absolute atomic E-state index is 0.0253. The van der Waals surface area contributed by atoms with Gasteiger partial charge in [-0.2, -0.15) is 4.98 Å². The van der Waals surface area contributed by atoms with E-state index in [1.165, 1.54) is 0 Å². The van der Waals surface area contributed by atoms with Gasteiger partial charge < -0.3 is 15.2 Å². The van der Waals surface area contributed by atoms with Crippen molar-refractivity contribution in [2.75, 3.05) is 13.1 Å². The Morgan fingerprint density at radius 1 is 1.41 bits per heavy atom. The number of piperidine rings is 1. The number of carbonyl (C=O) groups is 1. The fourth-order valence-corrected chi connectivity index (χ4v) is 2.47. The first-order valence-electron chi connectivity index (χ1n) is 7.54. The molecule has 3 heterocycles. The van der Waals surface area contributed by atoms with E-state index in [0.29, 0.717) is 24.6 Å². The van der Waals surface area contributed by atoms with Crippen molar-refractivity contribution in [3.63, 3.8) is 0 Å². The van der Waals surface area contributed by atoms with Crippen LogP contribution in [0.15, 0.2) is 29.0 Å². The highest BCUT2D eigenvalue weighted by Gasteiger charge is 2.16. The van der Waals surface area contributed by atoms with E-state index in [2.05, 4.69) is 25.8 Å². The molecule has 0 aromatic carbocycles. The number of pyridine rings is 1. The summed E-state index contributed by atoms with van der Waals surface area (Å²) < 4.78 is 5.19. The Kier molecular flexibility index (Phi) is 4.75. The number of carbonyl (C=O) groups excluding carboxylic acids is 1. The van der Waals surface area contributed by atoms with Crippen LogP contribution >= 0.6 is 0 Å². The van der Waals surface area contributed by atoms with Crippen LogP contribution in [0.25, 0.3) is 11.4 Å². The standard InChI is InChI=1S/C15H19N5O2/c21-13(18-12-2-1-7-17-10-12)3-4-14-19-15(20-22-14)11-5-8-16-9-6-11/h5-6,8-9,12,17H,1-4,7,10H2,(H,18,21)/t12-/m0/s1. The van der Waals surface area contributed by atoms with E-state index < -0.39 is 0 Å². The molecule has 3 rings (SSSR count). The number of hydrogen-bond acceptors (Lipinski definition) is 6. The Morgan fingerprint density at radius 2 is 2.27 bits per heavy atom. The second-order valence-corrected chi connectivity index (χ2v) is 5.36. The van der Waals surface area contributed by atoms with E-state index in [4.69, 9.17) is 4.52 Å². The van der Waals surface area contributed by atoms with Gasteiger partial charge >= 0.3 is 0 Å². The van der Waals surface area contributed by atoms with Crippen molar-refractivity contribution in [1.29, 1.82) is 0 Å². The number of nitrogens with one attached hydrogen (secondary N) is 2. The molecular formula is C15H19N5O2. The zero-order valence-corrected chi connectivity index (χ0v) is 12.3. The predicted octanol–water partition coefficient (Wildman–Crippen LogP) is 0.932. The second kappa shape index (κ2) is 7.13. The van der Waals surface area contributed by atoms with Gasteiger partial charge in [-0.3, -0.25) is 9.78 Å². The highest BCUT2D eigenvalue weighted by atomic mass is 16.5. The van der Waals surface area contributed by atoms with Crippen LogP contribution in [-0.4, -0.2) is 40.2 Å². The smallest absolute Gasteiger partial charge is 0.227 e. The summed E-state index contributed by atoms with van der Waals surface area (Å²) in [6.45, 7) is 1.88. The number of hydrogen-bond donors (Lipinski definition) is 2. The first-order chi connectivity index (χ1) is 10.8. The van der Waals surface area contributed by atoms with Crippen LogP contribution in [0.5, 0.6) is 0 Å². The Bertz CT molecular complexity index is 607. The lowest BCUT2D eigenvalue weighted by Crippen LogP contribution is -2.45. The van der Waals surface area contributed by atoms with Gasteiger partial charge in [0.2, 0.25) is 17.6 Å². The minimum Gasteiger partial charge on any atom is -0.352 e. The van der Waals surface area contributed by atoms with Crippen molar-refractivity contribution in [3.05, 3.63) is 30.4 Å². The third-order valence-electron chi connectivity index (χ3n) is 3.63. The van der Waals surface area contributed by atoms with Crippen molar-refractivity contribution < 1.29 is 9.32 Å². The molecule has 2 aromatic rings. The number of rotatable bonds is 5. The number of aromatic nitrogens is 3. The molecule has 0 radical (unpaired) electrons. The number of nitrogens with zero attached hydrogens (tertiary/aromatic N) is 3. The van der Waals surface area contributed by atoms with Gasteiger partial charge in [0.15, 0.2) is 0 Å². The van der Waals surface area contributed by atoms with E-state index in [0.717, 1.165) is 31.5 Å². The molecule has 0 bridgehead atoms. The highest BCUT2D eigenvalue weighted by Crippen LogP contribution is 2.14. The lowest BCUT2D eigenvalue weighted by Gasteiger charge is -2.23. The molecule has 1 atom stereocenters. The molecule has 1 aliphatic heterocycles. The summed E-state index contributed by atoms with van der Waals surface area (Å²) in [6, 6.07) is 3.87. The molecule has 2 N–H and O–H groups in total. The molecule has 22 heavy (non-hydrogen) atoms. The van der Waals surface area contributed by atoms with Crippen molar-refractivity contribution in [2.24, 2.45) is 0 Å². The van der Waals surface area contributed by atoms with Crippen LogP contribution in [0.2, 0.25) is 0 Å². The summed E-state index contributed by atoms with van der Waals surface area (Å²) >= 11 is 0. The summed E-state index contributed by atoms with van der Waals surface area (Å²) in [7, 11) is 0. The van der Waals surface area contributed by atoms with Gasteiger partial charge in [0, 0.05) is 43.4 Å². The van der Waals surface area contributed by atoms with Gasteiger partial charge in [-0.05, 0) is 31.5 Å². The minimum atomic E-state index is 0.0253. The molecule has 1 amide bonds. The molecule has 7 heteroatoms. The van der Waals surface area contributed by atoms with Crippen molar-refractivity contribution >= 4 is 5.91 Å². The first kappa shape index (κ1) is 14.6. The largest absolute Gasteiger partial charge is 0.352 e. The SMILES string of the molecule is O=C(CCc1nc(-c2ccncc2)no1)N[C@H]1CCCNC1. The Labute approximate surface area is 128 Å². The molecule has 1 fully saturated rings. The van der Waals surface area contributed by atoms with Crippen LogP contribution in [0.3, 0.4) is 0 Å². The third-order valence-corrected chi connectivity index (χ3v) is 3.63. The summed E-state index contributed by atoms with van der Waals surface area (Å²) in [5, 5.41) is 10.2. The van der Waals surface area contributed by atoms with E-state index in [1.54, 1.807) is 12.4 Å². The van der Waals surface area contributed by atoms with Gasteiger partial charge in [0.25, 0.3) is 0 Å². The van der Waals surface area contributed by atoms with Crippen molar-refractivity contribution in [2.45, 2.75) is 31.7 Å². The van der Waals surface area contributed by atoms with Crippen LogP contribution in [-0.2, 0) is 11.2 Å². The molecule has 0 saturated carbocycles. The quantitative estimate of drug-likeness (QED) is 0.853. The molecule has 116 valence electrons. The Morgan fingerprint density at radius 3 is 3.05 bits per heavy atom. The first-order valence-corrected chi connectivity index (χ1v) is 7.54. The van der Waals surface area contributed by atoms with Gasteiger partial charge in [0.1, 0.15) is 0 Å². The molecular weight excluding hydrogens is 282 g/mol. The predicted molar refractivity (Wildman–Crippen MR) is 79.9 cm³/mol. The average Bonchev–Trinajstić information content (AvgIpc) is 3.04. The second-order valence-electron chi connectivity index (χ2n) is 5.36. The van der Waals surface area contributed by atoms with E-state index in [-0.39, 0.29) is 11.9 Å². The Hall–Kier alpha value is -2.28. The maximum Gasteiger partial charge on any atom is 0.227 e. The van der Waals surface area contributed by atoms with E-state index in [9.17, 15) is 4.79 Å². The summed E-state index contributed by atoms with van der Waals surface area (Å²) in [5.74, 6) is 1.02. The lowest BCUT2D eigenvalue weighted by molar-refractivity contribution is -0.121. The monoisotopic (exact) mass is 301 g/mol. The molecule has 0 aliphatic carbocycles. The fourth-order valence-electron chi connectivity index (χ4n) is 2.47. The Balaban J connectivity index is 1.49. The van der Waals surface area contributed by atoms with Gasteiger partial charge in [-0.25, -0.2) is 0 Å². The van der Waals surface area contributed by atoms with Crippen LogP contribution in [0.1, 0.15) is 25.2 Å². The number of aryl methyl sites for hydroxylation is 1. The summed E-state index contributed by atoms with van der Waals surface area (Å²) in [5.41, 5.74) is 0.850. The topological polar surface area (TPSA) is 92.9 Å². The third kappa shape index (κ3) is 3.88. The molecule has 7 nitrogen and oxygen atoms in total.